The van der Waals surface area contributed by atoms with Gasteiger partial charge in [0.2, 0.25) is 0 Å². The molecule has 1 N–H and O–H groups in total. The van der Waals surface area contributed by atoms with Crippen molar-refractivity contribution < 1.29 is 4.39 Å². The van der Waals surface area contributed by atoms with E-state index in [0.29, 0.717) is 17.6 Å². The van der Waals surface area contributed by atoms with Crippen LogP contribution in [0.25, 0.3) is 0 Å². The van der Waals surface area contributed by atoms with Gasteiger partial charge >= 0.3 is 0 Å². The van der Waals surface area contributed by atoms with Gasteiger partial charge in [-0.05, 0) is 30.9 Å². The van der Waals surface area contributed by atoms with E-state index in [1.54, 1.807) is 6.07 Å². The number of halogens is 2. The van der Waals surface area contributed by atoms with Gasteiger partial charge < -0.3 is 5.32 Å². The highest BCUT2D eigenvalue weighted by molar-refractivity contribution is 6.30. The van der Waals surface area contributed by atoms with E-state index >= 15 is 0 Å². The van der Waals surface area contributed by atoms with Crippen molar-refractivity contribution in [3.8, 4) is 0 Å². The number of nitrogens with one attached hydrogen (secondary N) is 1. The molecule has 1 heterocycles. The van der Waals surface area contributed by atoms with Crippen molar-refractivity contribution >= 4 is 11.6 Å². The average Bonchev–Trinajstić information content (AvgIpc) is 2.51. The molecule has 1 aromatic carbocycles. The van der Waals surface area contributed by atoms with Crippen molar-refractivity contribution in [3.63, 3.8) is 0 Å². The monoisotopic (exact) mass is 310 g/mol. The number of hydrogen-bond acceptors (Lipinski definition) is 2. The number of benzene rings is 1. The predicted molar refractivity (Wildman–Crippen MR) is 85.1 cm³/mol. The molecule has 1 atom stereocenters. The third kappa shape index (κ3) is 3.97. The van der Waals surface area contributed by atoms with Gasteiger partial charge in [-0.2, -0.15) is 0 Å². The molecule has 1 saturated heterocycles. The van der Waals surface area contributed by atoms with Crippen LogP contribution in [0.1, 0.15) is 37.7 Å². The molecule has 1 aromatic rings. The fourth-order valence-corrected chi connectivity index (χ4v) is 3.89. The molecule has 0 aromatic heterocycles. The van der Waals surface area contributed by atoms with Crippen molar-refractivity contribution in [2.24, 2.45) is 5.92 Å². The van der Waals surface area contributed by atoms with Crippen molar-refractivity contribution in [1.29, 1.82) is 0 Å². The van der Waals surface area contributed by atoms with Crippen LogP contribution in [-0.2, 0) is 6.54 Å². The van der Waals surface area contributed by atoms with Gasteiger partial charge in [0.25, 0.3) is 0 Å². The lowest BCUT2D eigenvalue weighted by atomic mass is 9.83. The van der Waals surface area contributed by atoms with Gasteiger partial charge in [-0.15, -0.1) is 0 Å². The Balaban J connectivity index is 1.60. The molecule has 116 valence electrons. The van der Waals surface area contributed by atoms with Crippen LogP contribution in [0.2, 0.25) is 5.02 Å². The van der Waals surface area contributed by atoms with Crippen LogP contribution < -0.4 is 5.32 Å². The smallest absolute Gasteiger partial charge is 0.129 e. The zero-order valence-electron chi connectivity index (χ0n) is 12.5. The standard InChI is InChI=1S/C17H24ClFN2/c18-15-7-6-14(16(19)10-15)11-21-9-8-20-17(12-21)13-4-2-1-3-5-13/h6-7,10,13,17,20H,1-5,8-9,11-12H2. The number of rotatable bonds is 3. The zero-order valence-corrected chi connectivity index (χ0v) is 13.2. The summed E-state index contributed by atoms with van der Waals surface area (Å²) in [6, 6.07) is 5.59. The lowest BCUT2D eigenvalue weighted by Crippen LogP contribution is -2.53. The van der Waals surface area contributed by atoms with Gasteiger partial charge in [-0.25, -0.2) is 4.39 Å². The lowest BCUT2D eigenvalue weighted by Gasteiger charge is -2.39. The first kappa shape index (κ1) is 15.3. The molecule has 0 bridgehead atoms. The highest BCUT2D eigenvalue weighted by Gasteiger charge is 2.28. The Hall–Kier alpha value is -0.640. The second-order valence-electron chi connectivity index (χ2n) is 6.43. The van der Waals surface area contributed by atoms with Crippen molar-refractivity contribution in [3.05, 3.63) is 34.6 Å². The largest absolute Gasteiger partial charge is 0.311 e. The van der Waals surface area contributed by atoms with Crippen molar-refractivity contribution in [2.75, 3.05) is 19.6 Å². The zero-order chi connectivity index (χ0) is 14.7. The Bertz CT molecular complexity index is 474. The average molecular weight is 311 g/mol. The van der Waals surface area contributed by atoms with Crippen LogP contribution in [0.3, 0.4) is 0 Å². The minimum absolute atomic E-state index is 0.185. The molecule has 2 fully saturated rings. The van der Waals surface area contributed by atoms with Crippen LogP contribution in [0.4, 0.5) is 4.39 Å². The summed E-state index contributed by atoms with van der Waals surface area (Å²) in [6.07, 6.45) is 6.83. The summed E-state index contributed by atoms with van der Waals surface area (Å²) in [6.45, 7) is 3.72. The Kier molecular flexibility index (Phi) is 5.15. The van der Waals surface area contributed by atoms with Crippen LogP contribution in [-0.4, -0.2) is 30.6 Å². The predicted octanol–water partition coefficient (Wildman–Crippen LogP) is 3.83. The highest BCUT2D eigenvalue weighted by atomic mass is 35.5. The maximum atomic E-state index is 13.9. The van der Waals surface area contributed by atoms with E-state index in [1.807, 2.05) is 6.07 Å². The maximum absolute atomic E-state index is 13.9. The van der Waals surface area contributed by atoms with Gasteiger partial charge in [0, 0.05) is 42.8 Å². The third-order valence-corrected chi connectivity index (χ3v) is 5.15. The second-order valence-corrected chi connectivity index (χ2v) is 6.87. The molecule has 1 aliphatic heterocycles. The first-order valence-corrected chi connectivity index (χ1v) is 8.50. The van der Waals surface area contributed by atoms with Gasteiger partial charge in [-0.3, -0.25) is 4.90 Å². The molecule has 3 rings (SSSR count). The van der Waals surface area contributed by atoms with Crippen molar-refractivity contribution in [2.45, 2.75) is 44.7 Å². The summed E-state index contributed by atoms with van der Waals surface area (Å²) in [7, 11) is 0. The Morgan fingerprint density at radius 2 is 2.05 bits per heavy atom. The quantitative estimate of drug-likeness (QED) is 0.912. The van der Waals surface area contributed by atoms with E-state index < -0.39 is 0 Å². The van der Waals surface area contributed by atoms with E-state index in [-0.39, 0.29) is 5.82 Å². The highest BCUT2D eigenvalue weighted by Crippen LogP contribution is 2.28. The SMILES string of the molecule is Fc1cc(Cl)ccc1CN1CCNC(C2CCCCC2)C1. The Labute approximate surface area is 131 Å². The van der Waals surface area contributed by atoms with Gasteiger partial charge in [0.1, 0.15) is 5.82 Å². The van der Waals surface area contributed by atoms with E-state index in [9.17, 15) is 4.39 Å². The number of piperazine rings is 1. The van der Waals surface area contributed by atoms with E-state index in [2.05, 4.69) is 10.2 Å². The first-order chi connectivity index (χ1) is 10.2. The summed E-state index contributed by atoms with van der Waals surface area (Å²) < 4.78 is 13.9. The lowest BCUT2D eigenvalue weighted by molar-refractivity contribution is 0.140. The summed E-state index contributed by atoms with van der Waals surface area (Å²) in [5.41, 5.74) is 0.753. The molecule has 2 aliphatic rings. The van der Waals surface area contributed by atoms with Crippen molar-refractivity contribution in [1.82, 2.24) is 10.2 Å². The third-order valence-electron chi connectivity index (χ3n) is 4.92. The number of hydrogen-bond donors (Lipinski definition) is 1. The molecule has 1 aliphatic carbocycles. The molecule has 0 spiro atoms. The Morgan fingerprint density at radius 1 is 1.24 bits per heavy atom. The maximum Gasteiger partial charge on any atom is 0.129 e. The molecule has 0 amide bonds. The van der Waals surface area contributed by atoms with E-state index in [0.717, 1.165) is 31.1 Å². The summed E-state index contributed by atoms with van der Waals surface area (Å²) in [4.78, 5) is 2.38. The molecule has 1 unspecified atom stereocenters. The summed E-state index contributed by atoms with van der Waals surface area (Å²) >= 11 is 5.82. The molecular weight excluding hydrogens is 287 g/mol. The van der Waals surface area contributed by atoms with Gasteiger partial charge in [0.05, 0.1) is 0 Å². The fourth-order valence-electron chi connectivity index (χ4n) is 3.73. The fraction of sp³-hybridized carbons (Fsp3) is 0.647. The van der Waals surface area contributed by atoms with Crippen LogP contribution in [0, 0.1) is 11.7 Å². The van der Waals surface area contributed by atoms with Crippen LogP contribution >= 0.6 is 11.6 Å². The molecule has 4 heteroatoms. The molecule has 0 radical (unpaired) electrons. The minimum Gasteiger partial charge on any atom is -0.311 e. The molecule has 2 nitrogen and oxygen atoms in total. The Morgan fingerprint density at radius 3 is 2.81 bits per heavy atom. The second kappa shape index (κ2) is 7.08. The first-order valence-electron chi connectivity index (χ1n) is 8.12. The molecular formula is C17H24ClFN2. The molecule has 21 heavy (non-hydrogen) atoms. The minimum atomic E-state index is -0.185. The van der Waals surface area contributed by atoms with E-state index in [4.69, 9.17) is 11.6 Å². The topological polar surface area (TPSA) is 15.3 Å². The van der Waals surface area contributed by atoms with Crippen LogP contribution in [0.5, 0.6) is 0 Å². The van der Waals surface area contributed by atoms with Gasteiger partial charge in [0.15, 0.2) is 0 Å². The number of nitrogens with zero attached hydrogens (tertiary/aromatic N) is 1. The van der Waals surface area contributed by atoms with Gasteiger partial charge in [-0.1, -0.05) is 36.9 Å². The van der Waals surface area contributed by atoms with E-state index in [1.165, 1.54) is 38.2 Å². The molecule has 1 saturated carbocycles. The van der Waals surface area contributed by atoms with Crippen LogP contribution in [0.15, 0.2) is 18.2 Å². The summed E-state index contributed by atoms with van der Waals surface area (Å²) in [5.74, 6) is 0.617. The summed E-state index contributed by atoms with van der Waals surface area (Å²) in [5, 5.41) is 4.14. The normalized spacial score (nSPS) is 25.1.